The van der Waals surface area contributed by atoms with Gasteiger partial charge in [0.15, 0.2) is 11.6 Å². The van der Waals surface area contributed by atoms with Gasteiger partial charge in [0.25, 0.3) is 0 Å². The SMILES string of the molecule is O=C1c2ccc(C3CCCCC3)cc2C(=O)C2C3CCC(C3)C12. The maximum atomic E-state index is 13.1. The van der Waals surface area contributed by atoms with E-state index in [1.54, 1.807) is 0 Å². The van der Waals surface area contributed by atoms with E-state index in [9.17, 15) is 9.59 Å². The second-order valence-corrected chi connectivity index (χ2v) is 8.25. The number of carbonyl (C=O) groups excluding carboxylic acids is 2. The molecule has 2 heteroatoms. The summed E-state index contributed by atoms with van der Waals surface area (Å²) in [6.45, 7) is 0. The molecule has 4 aliphatic carbocycles. The number of carbonyl (C=O) groups is 2. The molecule has 4 atom stereocenters. The predicted octanol–water partition coefficient (Wildman–Crippen LogP) is 4.78. The molecular formula is C21H24O2. The van der Waals surface area contributed by atoms with Crippen LogP contribution in [0.3, 0.4) is 0 Å². The van der Waals surface area contributed by atoms with Crippen LogP contribution < -0.4 is 0 Å². The molecule has 1 aromatic rings. The summed E-state index contributed by atoms with van der Waals surface area (Å²) in [5.74, 6) is 2.13. The van der Waals surface area contributed by atoms with Crippen LogP contribution >= 0.6 is 0 Å². The van der Waals surface area contributed by atoms with E-state index < -0.39 is 0 Å². The summed E-state index contributed by atoms with van der Waals surface area (Å²) in [5.41, 5.74) is 2.78. The van der Waals surface area contributed by atoms with Crippen LogP contribution in [0, 0.1) is 23.7 Å². The number of rotatable bonds is 1. The van der Waals surface area contributed by atoms with Gasteiger partial charge in [0.05, 0.1) is 0 Å². The van der Waals surface area contributed by atoms with E-state index in [1.807, 2.05) is 6.07 Å². The molecule has 0 radical (unpaired) electrons. The number of Topliss-reactive ketones (excluding diaryl/α,β-unsaturated/α-hetero) is 2. The zero-order valence-electron chi connectivity index (χ0n) is 13.6. The van der Waals surface area contributed by atoms with Crippen LogP contribution in [0.15, 0.2) is 18.2 Å². The molecule has 3 saturated carbocycles. The Hall–Kier alpha value is -1.44. The maximum absolute atomic E-state index is 13.1. The zero-order valence-corrected chi connectivity index (χ0v) is 13.6. The first kappa shape index (κ1) is 13.9. The van der Waals surface area contributed by atoms with Crippen molar-refractivity contribution in [2.24, 2.45) is 23.7 Å². The first-order chi connectivity index (χ1) is 11.2. The third-order valence-electron chi connectivity index (χ3n) is 7.17. The molecule has 5 rings (SSSR count). The molecule has 2 bridgehead atoms. The Morgan fingerprint density at radius 2 is 1.39 bits per heavy atom. The van der Waals surface area contributed by atoms with Crippen molar-refractivity contribution in [1.82, 2.24) is 0 Å². The van der Waals surface area contributed by atoms with Crippen LogP contribution in [-0.2, 0) is 0 Å². The lowest BCUT2D eigenvalue weighted by atomic mass is 9.67. The van der Waals surface area contributed by atoms with Gasteiger partial charge < -0.3 is 0 Å². The lowest BCUT2D eigenvalue weighted by Crippen LogP contribution is -2.40. The van der Waals surface area contributed by atoms with Crippen LogP contribution in [0.2, 0.25) is 0 Å². The molecule has 23 heavy (non-hydrogen) atoms. The molecule has 0 aliphatic heterocycles. The highest BCUT2D eigenvalue weighted by atomic mass is 16.1. The molecule has 1 aromatic carbocycles. The Bertz CT molecular complexity index is 683. The summed E-state index contributed by atoms with van der Waals surface area (Å²) < 4.78 is 0. The highest BCUT2D eigenvalue weighted by molar-refractivity contribution is 6.16. The first-order valence-corrected chi connectivity index (χ1v) is 9.46. The number of hydrogen-bond acceptors (Lipinski definition) is 2. The van der Waals surface area contributed by atoms with E-state index in [4.69, 9.17) is 0 Å². The quantitative estimate of drug-likeness (QED) is 0.748. The maximum Gasteiger partial charge on any atom is 0.167 e. The van der Waals surface area contributed by atoms with Crippen molar-refractivity contribution < 1.29 is 9.59 Å². The number of hydrogen-bond donors (Lipinski definition) is 0. The second-order valence-electron chi connectivity index (χ2n) is 8.25. The summed E-state index contributed by atoms with van der Waals surface area (Å²) in [6.07, 6.45) is 9.81. The largest absolute Gasteiger partial charge is 0.294 e. The van der Waals surface area contributed by atoms with Crippen molar-refractivity contribution in [1.29, 1.82) is 0 Å². The van der Waals surface area contributed by atoms with Crippen LogP contribution in [-0.4, -0.2) is 11.6 Å². The minimum absolute atomic E-state index is 0.00859. The van der Waals surface area contributed by atoms with Gasteiger partial charge in [-0.2, -0.15) is 0 Å². The summed E-state index contributed by atoms with van der Waals surface area (Å²) in [4.78, 5) is 26.1. The topological polar surface area (TPSA) is 34.1 Å². The molecule has 0 saturated heterocycles. The highest BCUT2D eigenvalue weighted by Crippen LogP contribution is 2.56. The lowest BCUT2D eigenvalue weighted by molar-refractivity contribution is 0.0661. The lowest BCUT2D eigenvalue weighted by Gasteiger charge is -2.34. The minimum Gasteiger partial charge on any atom is -0.294 e. The Labute approximate surface area is 137 Å². The highest BCUT2D eigenvalue weighted by Gasteiger charge is 2.56. The van der Waals surface area contributed by atoms with E-state index in [2.05, 4.69) is 12.1 Å². The molecule has 0 aromatic heterocycles. The summed E-state index contributed by atoms with van der Waals surface area (Å²) in [6, 6.07) is 6.20. The fourth-order valence-corrected chi connectivity index (χ4v) is 6.08. The third kappa shape index (κ3) is 1.93. The number of benzene rings is 1. The van der Waals surface area contributed by atoms with Crippen molar-refractivity contribution in [3.8, 4) is 0 Å². The average Bonchev–Trinajstić information content (AvgIpc) is 3.21. The van der Waals surface area contributed by atoms with Crippen molar-refractivity contribution in [2.45, 2.75) is 57.3 Å². The molecule has 0 spiro atoms. The molecule has 4 aliphatic rings. The molecular weight excluding hydrogens is 284 g/mol. The summed E-state index contributed by atoms with van der Waals surface area (Å²) >= 11 is 0. The molecule has 4 unspecified atom stereocenters. The van der Waals surface area contributed by atoms with Crippen LogP contribution in [0.4, 0.5) is 0 Å². The monoisotopic (exact) mass is 308 g/mol. The minimum atomic E-state index is 0.00859. The Morgan fingerprint density at radius 1 is 0.739 bits per heavy atom. The van der Waals surface area contributed by atoms with Gasteiger partial charge in [-0.25, -0.2) is 0 Å². The van der Waals surface area contributed by atoms with E-state index in [0.29, 0.717) is 17.8 Å². The number of fused-ring (bicyclic) bond motifs is 6. The summed E-state index contributed by atoms with van der Waals surface area (Å²) in [7, 11) is 0. The van der Waals surface area contributed by atoms with E-state index >= 15 is 0 Å². The van der Waals surface area contributed by atoms with Gasteiger partial charge in [-0.1, -0.05) is 31.4 Å². The first-order valence-electron chi connectivity index (χ1n) is 9.46. The van der Waals surface area contributed by atoms with Crippen molar-refractivity contribution in [2.75, 3.05) is 0 Å². The van der Waals surface area contributed by atoms with Gasteiger partial charge in [0.1, 0.15) is 0 Å². The van der Waals surface area contributed by atoms with Gasteiger partial charge in [-0.15, -0.1) is 0 Å². The fourth-order valence-electron chi connectivity index (χ4n) is 6.08. The Kier molecular flexibility index (Phi) is 3.05. The van der Waals surface area contributed by atoms with Gasteiger partial charge in [-0.05, 0) is 61.5 Å². The van der Waals surface area contributed by atoms with Crippen molar-refractivity contribution >= 4 is 11.6 Å². The normalized spacial score (nSPS) is 36.2. The smallest absolute Gasteiger partial charge is 0.167 e. The molecule has 0 N–H and O–H groups in total. The standard InChI is InChI=1S/C21H24O2/c22-20-16-9-8-13(12-4-2-1-3-5-12)11-17(16)21(23)19-15-7-6-14(10-15)18(19)20/h8-9,11-12,14-15,18-19H,1-7,10H2. The van der Waals surface area contributed by atoms with Gasteiger partial charge in [0, 0.05) is 23.0 Å². The fraction of sp³-hybridized carbons (Fsp3) is 0.619. The average molecular weight is 308 g/mol. The van der Waals surface area contributed by atoms with Crippen molar-refractivity contribution in [3.05, 3.63) is 34.9 Å². The molecule has 2 nitrogen and oxygen atoms in total. The van der Waals surface area contributed by atoms with Gasteiger partial charge >= 0.3 is 0 Å². The van der Waals surface area contributed by atoms with Crippen LogP contribution in [0.1, 0.15) is 83.6 Å². The summed E-state index contributed by atoms with van der Waals surface area (Å²) in [5, 5.41) is 0. The van der Waals surface area contributed by atoms with E-state index in [1.165, 1.54) is 37.7 Å². The number of ketones is 2. The molecule has 0 amide bonds. The van der Waals surface area contributed by atoms with E-state index in [-0.39, 0.29) is 23.4 Å². The Balaban J connectivity index is 1.55. The van der Waals surface area contributed by atoms with Gasteiger partial charge in [0.2, 0.25) is 0 Å². The van der Waals surface area contributed by atoms with Crippen molar-refractivity contribution in [3.63, 3.8) is 0 Å². The third-order valence-corrected chi connectivity index (χ3v) is 7.17. The zero-order chi connectivity index (χ0) is 15.6. The molecule has 0 heterocycles. The molecule has 3 fully saturated rings. The van der Waals surface area contributed by atoms with Gasteiger partial charge in [-0.3, -0.25) is 9.59 Å². The van der Waals surface area contributed by atoms with Crippen LogP contribution in [0.25, 0.3) is 0 Å². The molecule has 120 valence electrons. The van der Waals surface area contributed by atoms with Crippen LogP contribution in [0.5, 0.6) is 0 Å². The Morgan fingerprint density at radius 3 is 2.09 bits per heavy atom. The second kappa shape index (κ2) is 5.03. The van der Waals surface area contributed by atoms with E-state index in [0.717, 1.165) is 30.4 Å². The predicted molar refractivity (Wildman–Crippen MR) is 88.7 cm³/mol.